The number of nitrogens with zero attached hydrogens (tertiary/aromatic N) is 5. The molecule has 3 atom stereocenters. The van der Waals surface area contributed by atoms with Crippen LogP contribution in [-0.4, -0.2) is 115 Å². The predicted octanol–water partition coefficient (Wildman–Crippen LogP) is 3.39. The number of rotatable bonds is 8. The topological polar surface area (TPSA) is 104 Å². The highest BCUT2D eigenvalue weighted by molar-refractivity contribution is 6.31. The lowest BCUT2D eigenvalue weighted by molar-refractivity contribution is -0.111. The van der Waals surface area contributed by atoms with Crippen LogP contribution >= 0.6 is 11.6 Å². The molecule has 4 fully saturated rings. The number of carbonyl (C=O) groups excluding carboxylic acids is 1. The zero-order valence-electron chi connectivity index (χ0n) is 24.0. The van der Waals surface area contributed by atoms with E-state index >= 15 is 0 Å². The Balaban J connectivity index is 1.14. The van der Waals surface area contributed by atoms with Crippen molar-refractivity contribution in [3.63, 3.8) is 0 Å². The van der Waals surface area contributed by atoms with E-state index in [1.54, 1.807) is 0 Å². The number of likely N-dealkylation sites (N-methyl/N-ethyl adjacent to an activating group) is 1. The summed E-state index contributed by atoms with van der Waals surface area (Å²) in [5.41, 5.74) is 2.17. The highest BCUT2D eigenvalue weighted by atomic mass is 35.5. The van der Waals surface area contributed by atoms with E-state index in [-0.39, 0.29) is 29.4 Å². The van der Waals surface area contributed by atoms with E-state index in [0.29, 0.717) is 17.4 Å². The zero-order chi connectivity index (χ0) is 30.1. The minimum atomic E-state index is -3.07. The Bertz CT molecular complexity index is 1340. The van der Waals surface area contributed by atoms with Crippen molar-refractivity contribution in [1.82, 2.24) is 19.8 Å². The number of ether oxygens (including phenoxy) is 3. The lowest BCUT2D eigenvalue weighted by Gasteiger charge is -2.43. The molecule has 0 bridgehead atoms. The van der Waals surface area contributed by atoms with Crippen LogP contribution in [0.4, 0.5) is 31.8 Å². The molecule has 4 aliphatic heterocycles. The fourth-order valence-electron chi connectivity index (χ4n) is 6.13. The van der Waals surface area contributed by atoms with E-state index in [0.717, 1.165) is 57.8 Å². The van der Waals surface area contributed by atoms with Gasteiger partial charge in [0.15, 0.2) is 12.2 Å². The summed E-state index contributed by atoms with van der Waals surface area (Å²) >= 11 is 6.27. The largest absolute Gasteiger partial charge is 0.468 e. The average molecular weight is 620 g/mol. The summed E-state index contributed by atoms with van der Waals surface area (Å²) < 4.78 is 44.3. The first-order valence-corrected chi connectivity index (χ1v) is 14.9. The number of benzene rings is 1. The van der Waals surface area contributed by atoms with Gasteiger partial charge in [-0.05, 0) is 44.2 Å². The lowest BCUT2D eigenvalue weighted by Crippen LogP contribution is -2.52. The smallest absolute Gasteiger partial charge is 0.299 e. The molecule has 1 aromatic heterocycles. The van der Waals surface area contributed by atoms with E-state index in [9.17, 15) is 13.6 Å². The van der Waals surface area contributed by atoms with Crippen molar-refractivity contribution in [2.24, 2.45) is 0 Å². The van der Waals surface area contributed by atoms with Gasteiger partial charge in [0.1, 0.15) is 17.7 Å². The zero-order valence-corrected chi connectivity index (χ0v) is 24.7. The third kappa shape index (κ3) is 6.55. The molecule has 2 N–H and O–H groups in total. The fourth-order valence-corrected chi connectivity index (χ4v) is 6.27. The third-order valence-corrected chi connectivity index (χ3v) is 8.78. The van der Waals surface area contributed by atoms with Gasteiger partial charge in [-0.25, -0.2) is 13.8 Å². The number of fused-ring (bicyclic) bond motifs is 1. The van der Waals surface area contributed by atoms with E-state index in [2.05, 4.69) is 48.9 Å². The first-order valence-electron chi connectivity index (χ1n) is 14.5. The Morgan fingerprint density at radius 1 is 1.19 bits per heavy atom. The maximum Gasteiger partial charge on any atom is 0.299 e. The Morgan fingerprint density at radius 3 is 2.70 bits per heavy atom. The summed E-state index contributed by atoms with van der Waals surface area (Å²) in [6.07, 6.45) is 1.62. The number of aromatic nitrogens is 2. The first kappa shape index (κ1) is 29.9. The van der Waals surface area contributed by atoms with Crippen molar-refractivity contribution in [2.45, 2.75) is 43.1 Å². The molecule has 0 saturated carbocycles. The van der Waals surface area contributed by atoms with Crippen LogP contribution in [0.5, 0.6) is 5.88 Å². The van der Waals surface area contributed by atoms with Crippen LogP contribution in [0.1, 0.15) is 12.8 Å². The Kier molecular flexibility index (Phi) is 8.70. The Labute approximate surface area is 254 Å². The molecule has 6 rings (SSSR count). The Morgan fingerprint density at radius 2 is 1.95 bits per heavy atom. The van der Waals surface area contributed by atoms with Gasteiger partial charge < -0.3 is 34.6 Å². The molecule has 43 heavy (non-hydrogen) atoms. The van der Waals surface area contributed by atoms with Gasteiger partial charge in [-0.1, -0.05) is 18.2 Å². The van der Waals surface area contributed by atoms with Crippen LogP contribution in [0, 0.1) is 0 Å². The van der Waals surface area contributed by atoms with Crippen LogP contribution in [0.3, 0.4) is 0 Å². The number of nitrogens with one attached hydrogen (secondary N) is 2. The van der Waals surface area contributed by atoms with Crippen LogP contribution < -0.4 is 20.3 Å². The van der Waals surface area contributed by atoms with Gasteiger partial charge in [-0.3, -0.25) is 9.69 Å². The second kappa shape index (κ2) is 12.5. The molecule has 1 amide bonds. The number of amides is 1. The maximum absolute atomic E-state index is 14.0. The van der Waals surface area contributed by atoms with Gasteiger partial charge in [-0.2, -0.15) is 4.98 Å². The second-order valence-corrected chi connectivity index (χ2v) is 11.8. The number of carbonyl (C=O) groups is 1. The standard InChI is InChI=1S/C29H36ClF2N7O4/c1-3-24(40)35-21-14-18(4-5-22(21)39-8-6-19(7-9-39)38-12-10-37(2)11-13-38)34-28-33-15-20(30)27(36-28)43-23-16-41-26-25(23)42-17-29(26,31)32/h3-5,14-15,19,23,25-26H,1,6-13,16-17H2,2H3,(H,35,40)(H,33,34,36)/t23-,25-,26+/m0/s1. The molecule has 0 unspecified atom stereocenters. The summed E-state index contributed by atoms with van der Waals surface area (Å²) in [7, 11) is 2.17. The van der Waals surface area contributed by atoms with Crippen molar-refractivity contribution in [2.75, 3.05) is 75.1 Å². The van der Waals surface area contributed by atoms with Gasteiger partial charge in [0.25, 0.3) is 5.92 Å². The van der Waals surface area contributed by atoms with Gasteiger partial charge in [0, 0.05) is 51.0 Å². The summed E-state index contributed by atoms with van der Waals surface area (Å²) in [6.45, 7) is 8.94. The Hall–Kier alpha value is -3.10. The van der Waals surface area contributed by atoms with Crippen molar-refractivity contribution in [3.8, 4) is 5.88 Å². The van der Waals surface area contributed by atoms with Gasteiger partial charge in [0.2, 0.25) is 17.7 Å². The maximum atomic E-state index is 14.0. The average Bonchev–Trinajstić information content (AvgIpc) is 3.55. The fraction of sp³-hybridized carbons (Fsp3) is 0.552. The van der Waals surface area contributed by atoms with Crippen LogP contribution in [0.15, 0.2) is 37.1 Å². The monoisotopic (exact) mass is 619 g/mol. The van der Waals surface area contributed by atoms with Crippen molar-refractivity contribution < 1.29 is 27.8 Å². The number of halogens is 3. The number of hydrogen-bond acceptors (Lipinski definition) is 10. The predicted molar refractivity (Wildman–Crippen MR) is 159 cm³/mol. The number of piperidine rings is 1. The molecule has 0 aliphatic carbocycles. The van der Waals surface area contributed by atoms with Gasteiger partial charge in [0.05, 0.1) is 24.2 Å². The second-order valence-electron chi connectivity index (χ2n) is 11.4. The highest BCUT2D eigenvalue weighted by Crippen LogP contribution is 2.40. The van der Waals surface area contributed by atoms with Gasteiger partial charge >= 0.3 is 0 Å². The van der Waals surface area contributed by atoms with E-state index in [1.165, 1.54) is 12.3 Å². The van der Waals surface area contributed by atoms with Crippen molar-refractivity contribution >= 4 is 40.5 Å². The minimum Gasteiger partial charge on any atom is -0.468 e. The minimum absolute atomic E-state index is 0.0206. The molecule has 11 nitrogen and oxygen atoms in total. The molecule has 1 aromatic carbocycles. The third-order valence-electron chi connectivity index (χ3n) is 8.52. The van der Waals surface area contributed by atoms with Crippen molar-refractivity contribution in [1.29, 1.82) is 0 Å². The van der Waals surface area contributed by atoms with Gasteiger partial charge in [-0.15, -0.1) is 0 Å². The number of hydrogen-bond donors (Lipinski definition) is 2. The molecule has 232 valence electrons. The molecule has 14 heteroatoms. The molecule has 0 spiro atoms. The van der Waals surface area contributed by atoms with Crippen LogP contribution in [0.2, 0.25) is 5.02 Å². The molecule has 0 radical (unpaired) electrons. The normalized spacial score (nSPS) is 26.2. The summed E-state index contributed by atoms with van der Waals surface area (Å²) in [5.74, 6) is -3.20. The molecular formula is C29H36ClF2N7O4. The molecule has 2 aromatic rings. The van der Waals surface area contributed by atoms with E-state index in [4.69, 9.17) is 25.8 Å². The number of piperazine rings is 1. The molecule has 4 aliphatic rings. The summed E-state index contributed by atoms with van der Waals surface area (Å²) in [6, 6.07) is 6.21. The number of anilines is 4. The van der Waals surface area contributed by atoms with Crippen LogP contribution in [-0.2, 0) is 14.3 Å². The SMILES string of the molecule is C=CC(=O)Nc1cc(Nc2ncc(Cl)c(O[C@H]3CO[C@@H]4[C@H]3OCC4(F)F)n2)ccc1N1CCC(N2CCN(C)CC2)CC1. The van der Waals surface area contributed by atoms with Crippen molar-refractivity contribution in [3.05, 3.63) is 42.1 Å². The molecular weight excluding hydrogens is 584 g/mol. The van der Waals surface area contributed by atoms with E-state index < -0.39 is 30.8 Å². The summed E-state index contributed by atoms with van der Waals surface area (Å²) in [5, 5.41) is 6.17. The first-order chi connectivity index (χ1) is 20.7. The number of alkyl halides is 2. The molecule has 5 heterocycles. The lowest BCUT2D eigenvalue weighted by atomic mass is 10.0. The molecule has 4 saturated heterocycles. The van der Waals surface area contributed by atoms with Crippen LogP contribution in [0.25, 0.3) is 0 Å². The van der Waals surface area contributed by atoms with E-state index in [1.807, 2.05) is 18.2 Å². The summed E-state index contributed by atoms with van der Waals surface area (Å²) in [4.78, 5) is 28.2. The highest BCUT2D eigenvalue weighted by Gasteiger charge is 2.59. The quantitative estimate of drug-likeness (QED) is 0.427.